The van der Waals surface area contributed by atoms with Crippen LogP contribution in [0.4, 0.5) is 0 Å². The summed E-state index contributed by atoms with van der Waals surface area (Å²) in [4.78, 5) is 0. The molecule has 1 fully saturated rings. The van der Waals surface area contributed by atoms with E-state index in [4.69, 9.17) is 31.6 Å². The van der Waals surface area contributed by atoms with E-state index in [1.165, 1.54) is 0 Å². The Morgan fingerprint density at radius 2 is 1.59 bits per heavy atom. The standard InChI is InChI=1S/C9H20O5Si.C4H12O2Si/c1-10-15(11-2,12-3)6-4-5-13-7-9-8-14-9;1-3-5-7-6-4-2/h9H,4-8H2,1-3H3;3-4,7H2,1-2H3. The average Bonchev–Trinajstić information content (AvgIpc) is 3.37. The fraction of sp³-hybridized carbons (Fsp3) is 1.00. The van der Waals surface area contributed by atoms with Crippen molar-refractivity contribution in [3.63, 3.8) is 0 Å². The number of hydrogen-bond acceptors (Lipinski definition) is 7. The molecule has 0 amide bonds. The minimum Gasteiger partial charge on any atom is -0.399 e. The van der Waals surface area contributed by atoms with Gasteiger partial charge < -0.3 is 31.6 Å². The number of ether oxygens (including phenoxy) is 2. The first-order valence-electron chi connectivity index (χ1n) is 7.68. The summed E-state index contributed by atoms with van der Waals surface area (Å²) < 4.78 is 36.3. The second kappa shape index (κ2) is 14.7. The molecular formula is C13H32O7Si2. The summed E-state index contributed by atoms with van der Waals surface area (Å²) in [6, 6.07) is 0.780. The zero-order valence-corrected chi connectivity index (χ0v) is 17.0. The molecule has 1 heterocycles. The summed E-state index contributed by atoms with van der Waals surface area (Å²) in [5, 5.41) is 0. The van der Waals surface area contributed by atoms with Gasteiger partial charge in [-0.25, -0.2) is 0 Å². The van der Waals surface area contributed by atoms with Crippen LogP contribution in [-0.4, -0.2) is 79.3 Å². The van der Waals surface area contributed by atoms with Gasteiger partial charge in [-0.2, -0.15) is 0 Å². The lowest BCUT2D eigenvalue weighted by Crippen LogP contribution is -2.42. The first-order chi connectivity index (χ1) is 10.7. The quantitative estimate of drug-likeness (QED) is 0.274. The molecule has 9 heteroatoms. The van der Waals surface area contributed by atoms with Gasteiger partial charge in [-0.05, 0) is 20.3 Å². The van der Waals surface area contributed by atoms with Crippen LogP contribution in [0.25, 0.3) is 0 Å². The van der Waals surface area contributed by atoms with Gasteiger partial charge in [-0.15, -0.1) is 0 Å². The predicted molar refractivity (Wildman–Crippen MR) is 88.6 cm³/mol. The van der Waals surface area contributed by atoms with E-state index in [2.05, 4.69) is 0 Å². The van der Waals surface area contributed by atoms with Gasteiger partial charge in [0.15, 0.2) is 0 Å². The highest BCUT2D eigenvalue weighted by Crippen LogP contribution is 2.15. The van der Waals surface area contributed by atoms with Crippen LogP contribution in [0.2, 0.25) is 6.04 Å². The van der Waals surface area contributed by atoms with Gasteiger partial charge in [0.25, 0.3) is 0 Å². The molecule has 0 aliphatic carbocycles. The maximum Gasteiger partial charge on any atom is 0.500 e. The van der Waals surface area contributed by atoms with E-state index >= 15 is 0 Å². The molecule has 1 atom stereocenters. The fourth-order valence-electron chi connectivity index (χ4n) is 1.55. The van der Waals surface area contributed by atoms with Crippen molar-refractivity contribution >= 4 is 18.8 Å². The molecule has 0 spiro atoms. The molecule has 0 aromatic carbocycles. The van der Waals surface area contributed by atoms with Crippen molar-refractivity contribution in [2.45, 2.75) is 32.4 Å². The molecule has 1 rings (SSSR count). The Balaban J connectivity index is 0.000000534. The molecular weight excluding hydrogens is 324 g/mol. The van der Waals surface area contributed by atoms with Crippen molar-refractivity contribution in [3.05, 3.63) is 0 Å². The van der Waals surface area contributed by atoms with Gasteiger partial charge in [-0.3, -0.25) is 0 Å². The lowest BCUT2D eigenvalue weighted by atomic mass is 10.5. The van der Waals surface area contributed by atoms with Crippen molar-refractivity contribution < 1.29 is 31.6 Å². The molecule has 0 saturated carbocycles. The summed E-state index contributed by atoms with van der Waals surface area (Å²) in [6.45, 7) is 7.79. The zero-order chi connectivity index (χ0) is 16.7. The third kappa shape index (κ3) is 11.7. The van der Waals surface area contributed by atoms with Gasteiger partial charge >= 0.3 is 18.8 Å². The third-order valence-electron chi connectivity index (χ3n) is 2.99. The SMILES string of the molecule is CCO[SiH2]OCC.CO[Si](CCCOCC1CO1)(OC)OC. The van der Waals surface area contributed by atoms with E-state index < -0.39 is 18.8 Å². The van der Waals surface area contributed by atoms with Crippen LogP contribution >= 0.6 is 0 Å². The average molecular weight is 357 g/mol. The Morgan fingerprint density at radius 3 is 2.00 bits per heavy atom. The first-order valence-corrected chi connectivity index (χ1v) is 10.8. The van der Waals surface area contributed by atoms with Crippen molar-refractivity contribution in [3.8, 4) is 0 Å². The van der Waals surface area contributed by atoms with Crippen LogP contribution in [-0.2, 0) is 31.6 Å². The van der Waals surface area contributed by atoms with Crippen LogP contribution < -0.4 is 0 Å². The fourth-order valence-corrected chi connectivity index (χ4v) is 3.69. The molecule has 0 radical (unpaired) electrons. The van der Waals surface area contributed by atoms with E-state index in [9.17, 15) is 0 Å². The number of rotatable bonds is 13. The largest absolute Gasteiger partial charge is 0.500 e. The van der Waals surface area contributed by atoms with E-state index in [-0.39, 0.29) is 0 Å². The maximum atomic E-state index is 5.42. The van der Waals surface area contributed by atoms with E-state index in [1.807, 2.05) is 13.8 Å². The maximum absolute atomic E-state index is 5.42. The van der Waals surface area contributed by atoms with Crippen LogP contribution in [0, 0.1) is 0 Å². The summed E-state index contributed by atoms with van der Waals surface area (Å²) >= 11 is 0. The Morgan fingerprint density at radius 1 is 1.05 bits per heavy atom. The second-order valence-corrected chi connectivity index (χ2v) is 8.68. The van der Waals surface area contributed by atoms with E-state index in [0.717, 1.165) is 32.3 Å². The highest BCUT2D eigenvalue weighted by Gasteiger charge is 2.36. The van der Waals surface area contributed by atoms with Gasteiger partial charge in [0.2, 0.25) is 0 Å². The third-order valence-corrected chi connectivity index (χ3v) is 6.97. The molecule has 0 N–H and O–H groups in total. The molecule has 0 bridgehead atoms. The van der Waals surface area contributed by atoms with Crippen LogP contribution in [0.3, 0.4) is 0 Å². The lowest BCUT2D eigenvalue weighted by Gasteiger charge is -2.24. The second-order valence-electron chi connectivity index (χ2n) is 4.53. The minimum absolute atomic E-state index is 0.333. The topological polar surface area (TPSA) is 67.9 Å². The van der Waals surface area contributed by atoms with Gasteiger partial charge in [0.1, 0.15) is 6.10 Å². The number of hydrogen-bond donors (Lipinski definition) is 0. The summed E-state index contributed by atoms with van der Waals surface area (Å²) in [7, 11) is 1.89. The molecule has 1 aliphatic rings. The molecule has 7 nitrogen and oxygen atoms in total. The monoisotopic (exact) mass is 356 g/mol. The van der Waals surface area contributed by atoms with E-state index in [1.54, 1.807) is 21.3 Å². The molecule has 1 saturated heterocycles. The predicted octanol–water partition coefficient (Wildman–Crippen LogP) is 0.728. The minimum atomic E-state index is -2.39. The van der Waals surface area contributed by atoms with Gasteiger partial charge in [0.05, 0.1) is 13.2 Å². The molecule has 1 aliphatic heterocycles. The molecule has 22 heavy (non-hydrogen) atoms. The van der Waals surface area contributed by atoms with Crippen LogP contribution in [0.15, 0.2) is 0 Å². The van der Waals surface area contributed by atoms with Gasteiger partial charge in [0, 0.05) is 47.2 Å². The lowest BCUT2D eigenvalue weighted by molar-refractivity contribution is 0.100. The van der Waals surface area contributed by atoms with Crippen molar-refractivity contribution in [1.29, 1.82) is 0 Å². The number of epoxide rings is 1. The van der Waals surface area contributed by atoms with Crippen LogP contribution in [0.5, 0.6) is 0 Å². The Kier molecular flexibility index (Phi) is 14.8. The van der Waals surface area contributed by atoms with Gasteiger partial charge in [-0.1, -0.05) is 0 Å². The van der Waals surface area contributed by atoms with Crippen molar-refractivity contribution in [2.75, 3.05) is 54.4 Å². The molecule has 134 valence electrons. The smallest absolute Gasteiger partial charge is 0.399 e. The first kappa shape index (κ1) is 22.2. The Labute approximate surface area is 137 Å². The Hall–Kier alpha value is 0.154. The highest BCUT2D eigenvalue weighted by molar-refractivity contribution is 6.60. The summed E-state index contributed by atoms with van der Waals surface area (Å²) in [5.74, 6) is 0. The zero-order valence-electron chi connectivity index (χ0n) is 14.6. The van der Waals surface area contributed by atoms with Crippen molar-refractivity contribution in [1.82, 2.24) is 0 Å². The molecule has 1 unspecified atom stereocenters. The highest BCUT2D eigenvalue weighted by atomic mass is 28.4. The van der Waals surface area contributed by atoms with E-state index in [0.29, 0.717) is 19.3 Å². The normalized spacial score (nSPS) is 17.0. The molecule has 0 aromatic rings. The summed E-state index contributed by atoms with van der Waals surface area (Å²) in [6.07, 6.45) is 1.22. The van der Waals surface area contributed by atoms with Crippen LogP contribution in [0.1, 0.15) is 20.3 Å². The molecule has 0 aromatic heterocycles. The summed E-state index contributed by atoms with van der Waals surface area (Å²) in [5.41, 5.74) is 0. The van der Waals surface area contributed by atoms with Crippen molar-refractivity contribution in [2.24, 2.45) is 0 Å². The Bertz CT molecular complexity index is 226.